The molecule has 0 radical (unpaired) electrons. The fourth-order valence-electron chi connectivity index (χ4n) is 17.9. The Morgan fingerprint density at radius 2 is 0.727 bits per heavy atom. The van der Waals surface area contributed by atoms with E-state index in [0.29, 0.717) is 52.7 Å². The number of furan rings is 4. The zero-order chi connectivity index (χ0) is 84.8. The first-order valence-corrected chi connectivity index (χ1v) is 42.4. The van der Waals surface area contributed by atoms with Crippen LogP contribution in [0.3, 0.4) is 0 Å². The van der Waals surface area contributed by atoms with Crippen LogP contribution in [0.1, 0.15) is 138 Å². The van der Waals surface area contributed by atoms with Crippen molar-refractivity contribution in [1.82, 2.24) is 62.8 Å². The van der Waals surface area contributed by atoms with E-state index in [2.05, 4.69) is 415 Å². The third-order valence-corrected chi connectivity index (χ3v) is 24.7. The molecule has 16 heterocycles. The molecule has 24 heteroatoms. The lowest BCUT2D eigenvalue weighted by Gasteiger charge is -2.36. The molecule has 0 aliphatic carbocycles. The Bertz CT molecular complexity index is 6910. The minimum Gasteiger partial charge on any atom is -0.436 e. The number of aromatic nitrogens is 8. The number of imidazole rings is 2. The Morgan fingerprint density at radius 1 is 0.372 bits per heavy atom. The summed E-state index contributed by atoms with van der Waals surface area (Å²) in [7, 11) is 14.8. The van der Waals surface area contributed by atoms with Gasteiger partial charge < -0.3 is 56.3 Å². The zero-order valence-corrected chi connectivity index (χ0v) is 73.6. The number of pyridine rings is 4. The number of aryl methyl sites for hydroxylation is 6. The van der Waals surface area contributed by atoms with E-state index in [-0.39, 0.29) is 33.8 Å². The molecule has 0 fully saturated rings. The molecule has 0 N–H and O–H groups in total. The van der Waals surface area contributed by atoms with Gasteiger partial charge in [-0.15, -0.1) is 0 Å². The normalized spacial score (nSPS) is 15.9. The van der Waals surface area contributed by atoms with Crippen molar-refractivity contribution >= 4 is 138 Å². The molecule has 4 aromatic carbocycles. The van der Waals surface area contributed by atoms with E-state index in [1.807, 2.05) is 45.9 Å². The first-order valence-electron chi connectivity index (χ1n) is 42.4. The van der Waals surface area contributed by atoms with Crippen molar-refractivity contribution in [1.29, 1.82) is 0 Å². The molecule has 0 spiro atoms. The maximum Gasteiger partial charge on any atom is 0.421 e. The summed E-state index contributed by atoms with van der Waals surface area (Å²) >= 11 is 0. The van der Waals surface area contributed by atoms with Gasteiger partial charge in [0, 0.05) is 150 Å². The summed E-state index contributed by atoms with van der Waals surface area (Å²) in [5.74, 6) is 10.8. The summed E-state index contributed by atoms with van der Waals surface area (Å²) in [5, 5.41) is 8.77. The smallest absolute Gasteiger partial charge is 0.421 e. The van der Waals surface area contributed by atoms with Crippen molar-refractivity contribution in [3.8, 4) is 22.5 Å². The van der Waals surface area contributed by atoms with E-state index in [0.717, 1.165) is 86.9 Å². The Labute approximate surface area is 709 Å². The van der Waals surface area contributed by atoms with Crippen LogP contribution < -0.4 is 68.0 Å². The summed E-state index contributed by atoms with van der Waals surface area (Å²) in [6, 6.07) is 49.3. The van der Waals surface area contributed by atoms with E-state index in [1.165, 1.54) is 61.9 Å². The maximum atomic E-state index is 6.16. The molecule has 10 aromatic heterocycles. The molecule has 20 nitrogen and oxygen atoms in total. The van der Waals surface area contributed by atoms with Crippen molar-refractivity contribution in [2.75, 3.05) is 40.1 Å². The number of nitrogens with zero attached hydrogens (tertiary/aromatic N) is 16. The Hall–Kier alpha value is -12.8. The molecule has 0 amide bonds. The fraction of sp³-hybridized carbons (Fsp3) is 0.278. The Morgan fingerprint density at radius 3 is 1.11 bits per heavy atom. The summed E-state index contributed by atoms with van der Waals surface area (Å²) in [6.45, 7) is 31.0. The van der Waals surface area contributed by atoms with Crippen LogP contribution in [0, 0.1) is 27.7 Å². The SMILES string of the molecule is Cc1ccc2c3c(oc2n1)=CN(C)B(N1C=CN(C)[C@@H]1C)C=3.Cc1ccc2c3c(oc2n1)=CN(C)B(N1C=CN(c2ccccc2)[C@@H]1C)C=3.Cc1ccc2c3c(oc2n1)=CN(C)B(c1n(-c2c(C(C)C)cc(-c4ccccc4)cc2C(C)C)cc[n+]1C)C=3.Cc1ccc2c3c(oc2n1)=CN(C)B(c1n(-c2c(C(C)C)cccc2C(C)C)cc[n+]1C)C=3. The second-order valence-corrected chi connectivity index (χ2v) is 34.5. The molecule has 6 aliphatic heterocycles. The van der Waals surface area contributed by atoms with Crippen molar-refractivity contribution in [3.63, 3.8) is 0 Å². The van der Waals surface area contributed by atoms with E-state index in [4.69, 9.17) is 17.7 Å². The van der Waals surface area contributed by atoms with Crippen LogP contribution in [0.5, 0.6) is 0 Å². The van der Waals surface area contributed by atoms with Gasteiger partial charge in [0.1, 0.15) is 36.2 Å². The molecule has 121 heavy (non-hydrogen) atoms. The molecule has 6 aliphatic rings. The van der Waals surface area contributed by atoms with Gasteiger partial charge in [0.2, 0.25) is 34.3 Å². The minimum atomic E-state index is 0.0217. The molecule has 0 saturated carbocycles. The van der Waals surface area contributed by atoms with Crippen LogP contribution in [-0.4, -0.2) is 138 Å². The topological polar surface area (TPSA) is 148 Å². The highest BCUT2D eigenvalue weighted by molar-refractivity contribution is 6.82. The van der Waals surface area contributed by atoms with Gasteiger partial charge in [-0.1, -0.05) is 146 Å². The number of hydrogen-bond acceptors (Lipinski definition) is 16. The predicted octanol–water partition coefficient (Wildman–Crippen LogP) is 10.4. The van der Waals surface area contributed by atoms with Gasteiger partial charge in [-0.3, -0.25) is 0 Å². The average molecular weight is 1610 g/mol. The first-order chi connectivity index (χ1) is 58.1. The molecule has 20 rings (SSSR count). The quantitative estimate of drug-likeness (QED) is 0.0843. The van der Waals surface area contributed by atoms with Gasteiger partial charge >= 0.3 is 27.7 Å². The van der Waals surface area contributed by atoms with Crippen LogP contribution in [0.25, 0.3) is 116 Å². The second-order valence-electron chi connectivity index (χ2n) is 34.5. The van der Waals surface area contributed by atoms with Crippen molar-refractivity contribution < 1.29 is 26.8 Å². The van der Waals surface area contributed by atoms with Gasteiger partial charge in [0.25, 0.3) is 0 Å². The Kier molecular flexibility index (Phi) is 21.6. The number of anilines is 1. The molecule has 610 valence electrons. The molecular weight excluding hydrogens is 1500 g/mol. The number of para-hydroxylation sites is 2. The monoisotopic (exact) mass is 1600 g/mol. The maximum absolute atomic E-state index is 6.16. The van der Waals surface area contributed by atoms with Crippen LogP contribution in [0.15, 0.2) is 207 Å². The number of benzene rings is 4. The molecule has 0 saturated heterocycles. The minimum absolute atomic E-state index is 0.0217. The highest BCUT2D eigenvalue weighted by Crippen LogP contribution is 2.37. The third-order valence-electron chi connectivity index (χ3n) is 24.7. The van der Waals surface area contributed by atoms with Gasteiger partial charge in [-0.05, 0) is 177 Å². The molecule has 2 atom stereocenters. The summed E-state index contributed by atoms with van der Waals surface area (Å²) in [6.07, 6.45) is 26.2. The largest absolute Gasteiger partial charge is 0.436 e. The summed E-state index contributed by atoms with van der Waals surface area (Å²) in [4.78, 5) is 36.3. The van der Waals surface area contributed by atoms with E-state index in [9.17, 15) is 0 Å². The molecule has 0 bridgehead atoms. The highest BCUT2D eigenvalue weighted by Gasteiger charge is 2.41. The van der Waals surface area contributed by atoms with Gasteiger partial charge in [-0.2, -0.15) is 0 Å². The fourth-order valence-corrected chi connectivity index (χ4v) is 17.9. The zero-order valence-electron chi connectivity index (χ0n) is 73.6. The molecular formula is C97H108B4N16O4+2. The molecule has 14 aromatic rings. The summed E-state index contributed by atoms with van der Waals surface area (Å²) in [5.41, 5.74) is 24.4. The second kappa shape index (κ2) is 32.4. The number of hydrogen-bond donors (Lipinski definition) is 0. The third kappa shape index (κ3) is 15.0. The van der Waals surface area contributed by atoms with Gasteiger partial charge in [0.15, 0.2) is 21.7 Å². The van der Waals surface area contributed by atoms with E-state index < -0.39 is 0 Å². The van der Waals surface area contributed by atoms with E-state index in [1.54, 1.807) is 0 Å². The van der Waals surface area contributed by atoms with Crippen LogP contribution in [0.4, 0.5) is 5.69 Å². The molecule has 0 unspecified atom stereocenters. The van der Waals surface area contributed by atoms with Crippen LogP contribution in [-0.2, 0) is 14.1 Å². The number of fused-ring (bicyclic) bond motifs is 12. The lowest BCUT2D eigenvalue weighted by atomic mass is 9.57. The van der Waals surface area contributed by atoms with Crippen LogP contribution in [0.2, 0.25) is 0 Å². The average Bonchev–Trinajstić information content (AvgIpc) is 1.65. The van der Waals surface area contributed by atoms with Gasteiger partial charge in [0.05, 0.1) is 26.4 Å². The van der Waals surface area contributed by atoms with E-state index >= 15 is 0 Å². The van der Waals surface area contributed by atoms with Crippen molar-refractivity contribution in [2.24, 2.45) is 14.1 Å². The Balaban J connectivity index is 0.000000117. The van der Waals surface area contributed by atoms with Crippen molar-refractivity contribution in [3.05, 3.63) is 277 Å². The van der Waals surface area contributed by atoms with Crippen LogP contribution >= 0.6 is 0 Å². The van der Waals surface area contributed by atoms with Gasteiger partial charge in [-0.25, -0.2) is 38.2 Å². The van der Waals surface area contributed by atoms with Crippen molar-refractivity contribution in [2.45, 2.75) is 133 Å². The summed E-state index contributed by atoms with van der Waals surface area (Å²) < 4.78 is 33.5. The highest BCUT2D eigenvalue weighted by atomic mass is 16.3. The number of rotatable bonds is 12. The predicted molar refractivity (Wildman–Crippen MR) is 494 cm³/mol. The lowest BCUT2D eigenvalue weighted by molar-refractivity contribution is -0.653. The lowest BCUT2D eigenvalue weighted by Crippen LogP contribution is -2.62. The standard InChI is InChI=1S/C33H36BN4O.C27H32BN4O.C21H21BN4O.C16H19BN4O/c1-21(2)27-17-25(24-11-9-8-10-12-24)18-28(22(3)4)31(27)38-16-15-36(6)33(38)34-19-29-26-14-13-23(5)35-32(26)39-30(29)20-37(34)7;1-17(2)20-9-8-10-21(18(3)4)25(20)32-14-13-30(6)27(32)28-15-23-22-12-11-19(5)29-26(22)33-24(23)16-31(28)7;1-15-9-10-18-19-13-22(24(3)14-20(19)27-21(18)23-15)26-12-11-25(16(26)2)17-7-5-4-6-8-17;1-11-5-6-13-14-9-17(21-8-7-19(3)12(21)2)20(4)10-15(14)22-16(13)18-11/h8-22H,1-7H3;8-18H,1-7H3;4-14,16H,1-3H3;5-10,12H,1-4H3/q2*+1;;/t;;16-;12-/m..00/s1. The first kappa shape index (κ1) is 80.6.